The van der Waals surface area contributed by atoms with Crippen LogP contribution in [0.1, 0.15) is 22.8 Å². The first-order valence-electron chi connectivity index (χ1n) is 6.46. The largest absolute Gasteiger partial charge is 0.398 e. The van der Waals surface area contributed by atoms with E-state index >= 15 is 0 Å². The monoisotopic (exact) mass is 332 g/mol. The quantitative estimate of drug-likeness (QED) is 0.863. The van der Waals surface area contributed by atoms with E-state index in [0.29, 0.717) is 17.8 Å². The van der Waals surface area contributed by atoms with Gasteiger partial charge in [-0.2, -0.15) is 0 Å². The molecular formula is C16H17BrN2O. The fraction of sp³-hybridized carbons (Fsp3) is 0.188. The van der Waals surface area contributed by atoms with Crippen molar-refractivity contribution in [2.75, 3.05) is 17.2 Å². The predicted molar refractivity (Wildman–Crippen MR) is 87.1 cm³/mol. The molecule has 2 rings (SSSR count). The van der Waals surface area contributed by atoms with Crippen LogP contribution in [-0.2, 0) is 0 Å². The minimum atomic E-state index is -0.0821. The Bertz CT molecular complexity index is 623. The van der Waals surface area contributed by atoms with E-state index in [0.717, 1.165) is 10.2 Å². The summed E-state index contributed by atoms with van der Waals surface area (Å²) in [6.45, 7) is 4.57. The van der Waals surface area contributed by atoms with E-state index in [1.165, 1.54) is 5.56 Å². The molecule has 104 valence electrons. The normalized spacial score (nSPS) is 10.3. The van der Waals surface area contributed by atoms with Crippen molar-refractivity contribution >= 4 is 33.2 Å². The number of nitrogen functional groups attached to an aromatic ring is 1. The van der Waals surface area contributed by atoms with Crippen molar-refractivity contribution in [3.05, 3.63) is 58.1 Å². The maximum absolute atomic E-state index is 12.6. The van der Waals surface area contributed by atoms with Gasteiger partial charge in [-0.05, 0) is 44.2 Å². The van der Waals surface area contributed by atoms with Crippen LogP contribution in [0.4, 0.5) is 11.4 Å². The molecule has 3 nitrogen and oxygen atoms in total. The van der Waals surface area contributed by atoms with Crippen molar-refractivity contribution in [1.82, 2.24) is 0 Å². The maximum atomic E-state index is 12.6. The zero-order valence-corrected chi connectivity index (χ0v) is 13.1. The predicted octanol–water partition coefficient (Wildman–Crippen LogP) is 4.01. The lowest BCUT2D eigenvalue weighted by molar-refractivity contribution is 0.0989. The highest BCUT2D eigenvalue weighted by molar-refractivity contribution is 9.10. The highest BCUT2D eigenvalue weighted by Gasteiger charge is 2.18. The molecule has 0 radical (unpaired) electrons. The first kappa shape index (κ1) is 14.6. The Balaban J connectivity index is 2.36. The van der Waals surface area contributed by atoms with Crippen LogP contribution >= 0.6 is 15.9 Å². The Labute approximate surface area is 127 Å². The molecule has 0 aromatic heterocycles. The van der Waals surface area contributed by atoms with Gasteiger partial charge in [0.2, 0.25) is 0 Å². The van der Waals surface area contributed by atoms with Crippen LogP contribution in [-0.4, -0.2) is 12.5 Å². The summed E-state index contributed by atoms with van der Waals surface area (Å²) in [6, 6.07) is 13.2. The van der Waals surface area contributed by atoms with Crippen LogP contribution in [0, 0.1) is 6.92 Å². The molecule has 0 atom stereocenters. The second-order valence-electron chi connectivity index (χ2n) is 4.62. The average molecular weight is 333 g/mol. The van der Waals surface area contributed by atoms with Crippen LogP contribution in [0.15, 0.2) is 46.9 Å². The molecule has 2 aromatic carbocycles. The van der Waals surface area contributed by atoms with Crippen LogP contribution in [0.25, 0.3) is 0 Å². The van der Waals surface area contributed by atoms with Gasteiger partial charge < -0.3 is 10.6 Å². The average Bonchev–Trinajstić information content (AvgIpc) is 2.41. The zero-order chi connectivity index (χ0) is 14.7. The Kier molecular flexibility index (Phi) is 4.45. The minimum Gasteiger partial charge on any atom is -0.398 e. The number of hydrogen-bond acceptors (Lipinski definition) is 2. The third-order valence-electron chi connectivity index (χ3n) is 3.15. The molecule has 0 aliphatic heterocycles. The van der Waals surface area contributed by atoms with E-state index in [4.69, 9.17) is 5.73 Å². The van der Waals surface area contributed by atoms with Crippen LogP contribution in [0.5, 0.6) is 0 Å². The molecule has 0 aliphatic rings. The number of hydrogen-bond donors (Lipinski definition) is 1. The van der Waals surface area contributed by atoms with Crippen molar-refractivity contribution in [1.29, 1.82) is 0 Å². The van der Waals surface area contributed by atoms with Gasteiger partial charge in [0.15, 0.2) is 0 Å². The number of nitrogens with zero attached hydrogens (tertiary/aromatic N) is 1. The van der Waals surface area contributed by atoms with Crippen molar-refractivity contribution in [3.63, 3.8) is 0 Å². The van der Waals surface area contributed by atoms with Gasteiger partial charge >= 0.3 is 0 Å². The summed E-state index contributed by atoms with van der Waals surface area (Å²) >= 11 is 3.35. The molecule has 0 heterocycles. The number of amides is 1. The molecule has 2 aromatic rings. The highest BCUT2D eigenvalue weighted by atomic mass is 79.9. The standard InChI is InChI=1S/C16H17BrN2O/c1-3-19(13-7-4-11(2)5-8-13)16(20)14-9-6-12(17)10-15(14)18/h4-10H,3,18H2,1-2H3. The lowest BCUT2D eigenvalue weighted by atomic mass is 10.1. The Morgan fingerprint density at radius 2 is 1.85 bits per heavy atom. The Hall–Kier alpha value is -1.81. The number of rotatable bonds is 3. The first-order valence-corrected chi connectivity index (χ1v) is 7.25. The van der Waals surface area contributed by atoms with Crippen molar-refractivity contribution in [3.8, 4) is 0 Å². The van der Waals surface area contributed by atoms with E-state index in [9.17, 15) is 4.79 Å². The van der Waals surface area contributed by atoms with Crippen molar-refractivity contribution in [2.45, 2.75) is 13.8 Å². The summed E-state index contributed by atoms with van der Waals surface area (Å²) in [5, 5.41) is 0. The van der Waals surface area contributed by atoms with Crippen molar-refractivity contribution in [2.24, 2.45) is 0 Å². The van der Waals surface area contributed by atoms with E-state index < -0.39 is 0 Å². The van der Waals surface area contributed by atoms with Gasteiger partial charge in [-0.3, -0.25) is 4.79 Å². The Morgan fingerprint density at radius 3 is 2.40 bits per heavy atom. The third-order valence-corrected chi connectivity index (χ3v) is 3.64. The Morgan fingerprint density at radius 1 is 1.20 bits per heavy atom. The van der Waals surface area contributed by atoms with Gasteiger partial charge in [0.05, 0.1) is 5.56 Å². The summed E-state index contributed by atoms with van der Waals surface area (Å²) < 4.78 is 0.866. The van der Waals surface area contributed by atoms with Crippen LogP contribution in [0.2, 0.25) is 0 Å². The molecule has 0 unspecified atom stereocenters. The summed E-state index contributed by atoms with van der Waals surface area (Å²) in [6.07, 6.45) is 0. The minimum absolute atomic E-state index is 0.0821. The van der Waals surface area contributed by atoms with E-state index in [-0.39, 0.29) is 5.91 Å². The van der Waals surface area contributed by atoms with Crippen molar-refractivity contribution < 1.29 is 4.79 Å². The highest BCUT2D eigenvalue weighted by Crippen LogP contribution is 2.23. The molecule has 20 heavy (non-hydrogen) atoms. The van der Waals surface area contributed by atoms with E-state index in [1.807, 2.05) is 44.2 Å². The lowest BCUT2D eigenvalue weighted by Crippen LogP contribution is -2.31. The van der Waals surface area contributed by atoms with Gasteiger partial charge in [0, 0.05) is 22.4 Å². The lowest BCUT2D eigenvalue weighted by Gasteiger charge is -2.22. The van der Waals surface area contributed by atoms with Gasteiger partial charge in [-0.25, -0.2) is 0 Å². The first-order chi connectivity index (χ1) is 9.52. The molecule has 0 fully saturated rings. The van der Waals surface area contributed by atoms with E-state index in [2.05, 4.69) is 15.9 Å². The number of nitrogens with two attached hydrogens (primary N) is 1. The van der Waals surface area contributed by atoms with Crippen LogP contribution < -0.4 is 10.6 Å². The maximum Gasteiger partial charge on any atom is 0.260 e. The molecule has 4 heteroatoms. The SMILES string of the molecule is CCN(C(=O)c1ccc(Br)cc1N)c1ccc(C)cc1. The summed E-state index contributed by atoms with van der Waals surface area (Å²) in [4.78, 5) is 14.3. The van der Waals surface area contributed by atoms with Crippen LogP contribution in [0.3, 0.4) is 0 Å². The van der Waals surface area contributed by atoms with E-state index in [1.54, 1.807) is 17.0 Å². The molecular weight excluding hydrogens is 316 g/mol. The summed E-state index contributed by atoms with van der Waals surface area (Å²) in [5.74, 6) is -0.0821. The number of carbonyl (C=O) groups is 1. The summed E-state index contributed by atoms with van der Waals surface area (Å²) in [7, 11) is 0. The zero-order valence-electron chi connectivity index (χ0n) is 11.6. The number of carbonyl (C=O) groups excluding carboxylic acids is 1. The van der Waals surface area contributed by atoms with Gasteiger partial charge in [0.1, 0.15) is 0 Å². The fourth-order valence-corrected chi connectivity index (χ4v) is 2.42. The summed E-state index contributed by atoms with van der Waals surface area (Å²) in [5.41, 5.74) is 8.99. The number of benzene rings is 2. The van der Waals surface area contributed by atoms with Gasteiger partial charge in [-0.1, -0.05) is 33.6 Å². The fourth-order valence-electron chi connectivity index (χ4n) is 2.04. The second-order valence-corrected chi connectivity index (χ2v) is 5.53. The molecule has 0 saturated heterocycles. The molecule has 1 amide bonds. The third kappa shape index (κ3) is 3.02. The number of anilines is 2. The van der Waals surface area contributed by atoms with Gasteiger partial charge in [-0.15, -0.1) is 0 Å². The second kappa shape index (κ2) is 6.09. The molecule has 0 bridgehead atoms. The topological polar surface area (TPSA) is 46.3 Å². The smallest absolute Gasteiger partial charge is 0.260 e. The molecule has 0 aliphatic carbocycles. The van der Waals surface area contributed by atoms with Gasteiger partial charge in [0.25, 0.3) is 5.91 Å². The number of halogens is 1. The molecule has 2 N–H and O–H groups in total. The molecule has 0 spiro atoms. The number of aryl methyl sites for hydroxylation is 1. The molecule has 0 saturated carbocycles.